The molecule has 0 N–H and O–H groups in total. The average molecular weight is 700 g/mol. The third-order valence-electron chi connectivity index (χ3n) is 8.45. The van der Waals surface area contributed by atoms with E-state index in [-0.39, 0.29) is 54.9 Å². The molecule has 0 unspecified atom stereocenters. The zero-order chi connectivity index (χ0) is 32.6. The molecule has 0 spiro atoms. The molecule has 0 aliphatic rings. The normalized spacial score (nSPS) is 11.3. The first kappa shape index (κ1) is 50.8. The first-order valence-corrected chi connectivity index (χ1v) is 20.4. The molecule has 0 saturated heterocycles. The van der Waals surface area contributed by atoms with Gasteiger partial charge < -0.3 is 5.91 Å². The second kappa shape index (κ2) is 36.7. The van der Waals surface area contributed by atoms with Gasteiger partial charge in [0.2, 0.25) is 0 Å². The maximum atomic E-state index is 11.9. The van der Waals surface area contributed by atoms with Crippen LogP contribution in [0.5, 0.6) is 0 Å². The van der Waals surface area contributed by atoms with E-state index < -0.39 is 10.1 Å². The monoisotopic (exact) mass is 699 g/mol. The molecule has 1 rings (SSSR count). The number of hydrogen-bond donors (Lipinski definition) is 0. The van der Waals surface area contributed by atoms with Gasteiger partial charge >= 0.3 is 29.6 Å². The van der Waals surface area contributed by atoms with E-state index in [9.17, 15) is 8.42 Å². The number of halogens is 1. The van der Waals surface area contributed by atoms with E-state index in [1.54, 1.807) is 30.3 Å². The van der Waals surface area contributed by atoms with Crippen LogP contribution in [0.1, 0.15) is 182 Å². The van der Waals surface area contributed by atoms with Crippen LogP contribution in [0.3, 0.4) is 0 Å². The molecule has 0 saturated carbocycles. The average Bonchev–Trinajstić information content (AvgIpc) is 3.00. The van der Waals surface area contributed by atoms with Crippen LogP contribution in [-0.4, -0.2) is 47.2 Å². The van der Waals surface area contributed by atoms with Gasteiger partial charge in [-0.3, -0.25) is 4.18 Å². The van der Waals surface area contributed by atoms with Gasteiger partial charge in [0, 0.05) is 0 Å². The minimum atomic E-state index is -3.57. The van der Waals surface area contributed by atoms with Gasteiger partial charge in [0.15, 0.2) is 0 Å². The van der Waals surface area contributed by atoms with E-state index in [0.717, 1.165) is 17.3 Å². The Bertz CT molecular complexity index is 825. The minimum absolute atomic E-state index is 0. The predicted octanol–water partition coefficient (Wildman–Crippen LogP) is 9.81. The fourth-order valence-corrected chi connectivity index (χ4v) is 6.51. The molecule has 0 heterocycles. The summed E-state index contributed by atoms with van der Waals surface area (Å²) in [7, 11) is 3.32. The maximum Gasteiger partial charge on any atom is 1.00 e. The molecule has 0 amide bonds. The van der Waals surface area contributed by atoms with Crippen molar-refractivity contribution in [3.05, 3.63) is 30.3 Å². The molecular weight excluding hydrogens is 621 g/mol. The van der Waals surface area contributed by atoms with E-state index >= 15 is 0 Å². The minimum Gasteiger partial charge on any atom is -1.00 e. The molecule has 0 aliphatic carbocycles. The third-order valence-corrected chi connectivity index (χ3v) is 9.78. The molecule has 46 heavy (non-hydrogen) atoms. The number of benzene rings is 1. The summed E-state index contributed by atoms with van der Waals surface area (Å²) in [5, 5.41) is 0. The van der Waals surface area contributed by atoms with Gasteiger partial charge in [0.05, 0.1) is 39.2 Å². The summed E-state index contributed by atoms with van der Waals surface area (Å²) in [6.07, 6.45) is 35.6. The van der Waals surface area contributed by atoms with Crippen LogP contribution >= 0.6 is 12.4 Å². The van der Waals surface area contributed by atoms with Crippen molar-refractivity contribution in [2.24, 2.45) is 0 Å². The smallest absolute Gasteiger partial charge is 1.00 e. The van der Waals surface area contributed by atoms with Gasteiger partial charge in [-0.15, -0.1) is 12.4 Å². The molecule has 0 aliphatic heterocycles. The number of nitrogens with zero attached hydrogens (tertiary/aromatic N) is 1. The molecule has 0 bridgehead atoms. The topological polar surface area (TPSA) is 43.4 Å². The molecule has 0 atom stereocenters. The molecule has 4 nitrogen and oxygen atoms in total. The summed E-state index contributed by atoms with van der Waals surface area (Å²) in [4.78, 5) is 0.238. The Morgan fingerprint density at radius 1 is 0.522 bits per heavy atom. The Labute approximate surface area is 318 Å². The molecular formula is C39H78ClNNaO3S+. The van der Waals surface area contributed by atoms with E-state index in [2.05, 4.69) is 35.0 Å². The van der Waals surface area contributed by atoms with Crippen LogP contribution in [0.15, 0.2) is 35.2 Å². The maximum absolute atomic E-state index is 11.9. The summed E-state index contributed by atoms with van der Waals surface area (Å²) >= 11 is 0. The molecule has 270 valence electrons. The first-order valence-electron chi connectivity index (χ1n) is 19.0. The largest absolute Gasteiger partial charge is 1.00 e. The summed E-state index contributed by atoms with van der Waals surface area (Å²) in [6, 6.07) is 8.33. The van der Waals surface area contributed by atoms with Crippen molar-refractivity contribution < 1.29 is 48.1 Å². The van der Waals surface area contributed by atoms with Gasteiger partial charge in [-0.2, -0.15) is 8.42 Å². The molecule has 0 radical (unpaired) electrons. The predicted molar refractivity (Wildman–Crippen MR) is 202 cm³/mol. The van der Waals surface area contributed by atoms with Gasteiger partial charge in [0.1, 0.15) is 0 Å². The summed E-state index contributed by atoms with van der Waals surface area (Å²) in [5.74, 6) is 0. The van der Waals surface area contributed by atoms with Crippen LogP contribution in [0.4, 0.5) is 0 Å². The first-order chi connectivity index (χ1) is 21.2. The zero-order valence-electron chi connectivity index (χ0n) is 32.7. The Balaban J connectivity index is -0.000000370. The second-order valence-electron chi connectivity index (χ2n) is 14.1. The van der Waals surface area contributed by atoms with Crippen molar-refractivity contribution in [2.45, 2.75) is 186 Å². The van der Waals surface area contributed by atoms with Crippen molar-refractivity contribution >= 4 is 22.5 Å². The van der Waals surface area contributed by atoms with Crippen molar-refractivity contribution in [1.82, 2.24) is 0 Å². The van der Waals surface area contributed by atoms with Crippen LogP contribution in [0.2, 0.25) is 0 Å². The SMILES string of the molecule is CCCCCCCCCCCCCCCCCC[N+](C)(C)C.CCCCCCCCCCCCOS(=O)(=O)c1ccccc1.Cl.[H-].[Na+]. The quantitative estimate of drug-likeness (QED) is 0.0348. The van der Waals surface area contributed by atoms with Gasteiger partial charge in [-0.25, -0.2) is 0 Å². The van der Waals surface area contributed by atoms with Gasteiger partial charge in [-0.05, 0) is 31.4 Å². The van der Waals surface area contributed by atoms with E-state index in [0.29, 0.717) is 0 Å². The van der Waals surface area contributed by atoms with Gasteiger partial charge in [-0.1, -0.05) is 180 Å². The van der Waals surface area contributed by atoms with E-state index in [1.165, 1.54) is 161 Å². The molecule has 1 aromatic carbocycles. The van der Waals surface area contributed by atoms with Crippen molar-refractivity contribution in [3.8, 4) is 0 Å². The van der Waals surface area contributed by atoms with Gasteiger partial charge in [0.25, 0.3) is 10.1 Å². The Kier molecular flexibility index (Phi) is 40.4. The Morgan fingerprint density at radius 2 is 0.826 bits per heavy atom. The number of rotatable bonds is 30. The fourth-order valence-electron chi connectivity index (χ4n) is 5.55. The molecule has 0 fully saturated rings. The Morgan fingerprint density at radius 3 is 1.15 bits per heavy atom. The molecule has 1 aromatic rings. The number of unbranched alkanes of at least 4 members (excludes halogenated alkanes) is 24. The van der Waals surface area contributed by atoms with Crippen molar-refractivity contribution in [1.29, 1.82) is 0 Å². The zero-order valence-corrected chi connectivity index (χ0v) is 35.3. The summed E-state index contributed by atoms with van der Waals surface area (Å²) < 4.78 is 29.9. The number of quaternary nitrogens is 1. The summed E-state index contributed by atoms with van der Waals surface area (Å²) in [5.41, 5.74) is 0. The molecule has 7 heteroatoms. The Hall–Kier alpha value is 0.380. The van der Waals surface area contributed by atoms with Crippen molar-refractivity contribution in [3.63, 3.8) is 0 Å². The van der Waals surface area contributed by atoms with Crippen molar-refractivity contribution in [2.75, 3.05) is 34.3 Å². The third kappa shape index (κ3) is 37.2. The second-order valence-corrected chi connectivity index (χ2v) is 15.7. The number of hydrogen-bond acceptors (Lipinski definition) is 3. The van der Waals surface area contributed by atoms with Crippen LogP contribution in [0, 0.1) is 0 Å². The van der Waals surface area contributed by atoms with E-state index in [4.69, 9.17) is 4.18 Å². The fraction of sp³-hybridized carbons (Fsp3) is 0.846. The van der Waals surface area contributed by atoms with Crippen LogP contribution < -0.4 is 29.6 Å². The standard InChI is InChI=1S/C21H46N.C18H30O3S.ClH.Na.H/c1-5-6-7-8-9-10-11-12-13-14-15-16-17-18-19-20-21-22(2,3)4;1-2-3-4-5-6-7-8-9-10-14-17-21-22(19,20)18-15-12-11-13-16-18;;;/h5-21H2,1-4H3;11-13,15-16H,2-10,14,17H2,1H3;1H;;/q+1;;;+1;-1. The summed E-state index contributed by atoms with van der Waals surface area (Å²) in [6.45, 7) is 6.15. The van der Waals surface area contributed by atoms with E-state index in [1.807, 2.05) is 0 Å². The van der Waals surface area contributed by atoms with Crippen LogP contribution in [-0.2, 0) is 14.3 Å². The van der Waals surface area contributed by atoms with Crippen LogP contribution in [0.25, 0.3) is 0 Å². The molecule has 0 aromatic heterocycles.